The van der Waals surface area contributed by atoms with Crippen molar-refractivity contribution in [1.29, 1.82) is 0 Å². The van der Waals surface area contributed by atoms with E-state index >= 15 is 0 Å². The van der Waals surface area contributed by atoms with Crippen LogP contribution in [0.25, 0.3) is 0 Å². The number of carboxylic acids is 1. The molecule has 0 aromatic carbocycles. The van der Waals surface area contributed by atoms with Crippen LogP contribution >= 0.6 is 7.75 Å². The summed E-state index contributed by atoms with van der Waals surface area (Å²) in [6.07, 6.45) is -1.13. The van der Waals surface area contributed by atoms with Crippen molar-refractivity contribution in [3.05, 3.63) is 0 Å². The molecule has 108 valence electrons. The van der Waals surface area contributed by atoms with E-state index in [0.29, 0.717) is 0 Å². The molecule has 3 atom stereocenters. The fourth-order valence-electron chi connectivity index (χ4n) is 1.15. The Morgan fingerprint density at radius 2 is 2.00 bits per heavy atom. The lowest BCUT2D eigenvalue weighted by atomic mass is 10.1. The molecule has 0 radical (unpaired) electrons. The maximum Gasteiger partial charge on any atom is 0.403 e. The predicted octanol–water partition coefficient (Wildman–Crippen LogP) is -0.455. The van der Waals surface area contributed by atoms with Crippen LogP contribution in [0.5, 0.6) is 0 Å². The third kappa shape index (κ3) is 7.75. The summed E-state index contributed by atoms with van der Waals surface area (Å²) in [5.41, 5.74) is 0. The van der Waals surface area contributed by atoms with Crippen LogP contribution in [-0.2, 0) is 13.9 Å². The van der Waals surface area contributed by atoms with Crippen LogP contribution in [0, 0.1) is 5.92 Å². The number of aliphatic carboxylic acids is 1. The molecule has 18 heavy (non-hydrogen) atoms. The molecule has 0 heterocycles. The van der Waals surface area contributed by atoms with Gasteiger partial charge in [-0.2, -0.15) is 0 Å². The number of aliphatic hydroxyl groups is 2. The molecule has 0 saturated heterocycles. The summed E-state index contributed by atoms with van der Waals surface area (Å²) < 4.78 is 16.0. The first kappa shape index (κ1) is 17.5. The van der Waals surface area contributed by atoms with Crippen LogP contribution in [0.15, 0.2) is 0 Å². The van der Waals surface area contributed by atoms with E-state index in [2.05, 4.69) is 4.52 Å². The van der Waals surface area contributed by atoms with E-state index in [1.54, 1.807) is 13.8 Å². The second-order valence-corrected chi connectivity index (χ2v) is 5.86. The third-order valence-electron chi connectivity index (χ3n) is 1.98. The number of hydrogen-bond donors (Lipinski definition) is 5. The summed E-state index contributed by atoms with van der Waals surface area (Å²) in [6.45, 7) is 2.37. The molecule has 0 aromatic rings. The monoisotopic (exact) mass is 285 g/mol. The normalized spacial score (nSPS) is 18.3. The Morgan fingerprint density at radius 3 is 2.39 bits per heavy atom. The number of rotatable bonds is 9. The summed E-state index contributed by atoms with van der Waals surface area (Å²) >= 11 is 0. The molecule has 0 aliphatic rings. The number of hydrogen-bond acceptors (Lipinski definition) is 5. The van der Waals surface area contributed by atoms with Crippen LogP contribution in [0.2, 0.25) is 0 Å². The van der Waals surface area contributed by atoms with Gasteiger partial charge in [0.15, 0.2) is 0 Å². The summed E-state index contributed by atoms with van der Waals surface area (Å²) in [7, 11) is -4.33. The van der Waals surface area contributed by atoms with E-state index in [1.165, 1.54) is 0 Å². The fourth-order valence-corrected chi connectivity index (χ4v) is 2.21. The molecule has 5 N–H and O–H groups in total. The number of aliphatic hydroxyl groups excluding tert-OH is 2. The highest BCUT2D eigenvalue weighted by Crippen LogP contribution is 2.38. The van der Waals surface area contributed by atoms with Gasteiger partial charge in [-0.1, -0.05) is 13.8 Å². The minimum absolute atomic E-state index is 0.0154. The highest BCUT2D eigenvalue weighted by atomic mass is 31.2. The van der Waals surface area contributed by atoms with Gasteiger partial charge in [0.1, 0.15) is 12.1 Å². The molecule has 0 saturated carbocycles. The van der Waals surface area contributed by atoms with Crippen molar-refractivity contribution >= 4 is 13.7 Å². The Bertz CT molecular complexity index is 309. The summed E-state index contributed by atoms with van der Waals surface area (Å²) in [5, 5.41) is 28.3. The third-order valence-corrected chi connectivity index (χ3v) is 3.11. The maximum absolute atomic E-state index is 11.5. The number of carboxylic acid groups (broad SMARTS) is 1. The maximum atomic E-state index is 11.5. The van der Waals surface area contributed by atoms with Crippen molar-refractivity contribution in [2.24, 2.45) is 5.92 Å². The minimum atomic E-state index is -4.33. The lowest BCUT2D eigenvalue weighted by Gasteiger charge is -2.20. The van der Waals surface area contributed by atoms with Crippen LogP contribution < -0.4 is 5.09 Å². The number of nitrogens with one attached hydrogen (secondary N) is 1. The largest absolute Gasteiger partial charge is 0.480 e. The molecule has 8 nitrogen and oxygen atoms in total. The Kier molecular flexibility index (Phi) is 7.61. The van der Waals surface area contributed by atoms with Gasteiger partial charge in [0, 0.05) is 0 Å². The van der Waals surface area contributed by atoms with Crippen LogP contribution in [0.3, 0.4) is 0 Å². The second kappa shape index (κ2) is 7.83. The average Bonchev–Trinajstić information content (AvgIpc) is 2.24. The predicted molar refractivity (Wildman–Crippen MR) is 62.9 cm³/mol. The SMILES string of the molecule is CC(C)C[C@H](NP(=O)(O)OC[C@@H](O)CO)C(=O)O. The lowest BCUT2D eigenvalue weighted by molar-refractivity contribution is -0.139. The first-order valence-corrected chi connectivity index (χ1v) is 7.02. The minimum Gasteiger partial charge on any atom is -0.480 e. The molecule has 9 heteroatoms. The first-order chi connectivity index (χ1) is 8.18. The van der Waals surface area contributed by atoms with E-state index in [1.807, 2.05) is 5.09 Å². The first-order valence-electron chi connectivity index (χ1n) is 5.44. The smallest absolute Gasteiger partial charge is 0.403 e. The summed E-state index contributed by atoms with van der Waals surface area (Å²) in [5.74, 6) is -1.24. The molecule has 0 bridgehead atoms. The van der Waals surface area contributed by atoms with Gasteiger partial charge >= 0.3 is 13.7 Å². The molecule has 0 fully saturated rings. The van der Waals surface area contributed by atoms with Gasteiger partial charge in [-0.15, -0.1) is 0 Å². The van der Waals surface area contributed by atoms with Gasteiger partial charge in [-0.25, -0.2) is 9.65 Å². The zero-order valence-corrected chi connectivity index (χ0v) is 11.2. The van der Waals surface area contributed by atoms with Gasteiger partial charge in [0.2, 0.25) is 0 Å². The topological polar surface area (TPSA) is 136 Å². The van der Waals surface area contributed by atoms with Gasteiger partial charge in [0.05, 0.1) is 13.2 Å². The van der Waals surface area contributed by atoms with Crippen molar-refractivity contribution in [2.45, 2.75) is 32.4 Å². The van der Waals surface area contributed by atoms with E-state index in [-0.39, 0.29) is 12.3 Å². The molecule has 1 unspecified atom stereocenters. The Hall–Kier alpha value is -0.500. The van der Waals surface area contributed by atoms with E-state index in [4.69, 9.17) is 15.3 Å². The lowest BCUT2D eigenvalue weighted by Crippen LogP contribution is -2.36. The summed E-state index contributed by atoms with van der Waals surface area (Å²) in [4.78, 5) is 20.2. The fraction of sp³-hybridized carbons (Fsp3) is 0.889. The van der Waals surface area contributed by atoms with Gasteiger partial charge in [-0.05, 0) is 12.3 Å². The Balaban J connectivity index is 4.41. The van der Waals surface area contributed by atoms with Crippen molar-refractivity contribution in [3.63, 3.8) is 0 Å². The summed E-state index contributed by atoms with van der Waals surface area (Å²) in [6, 6.07) is -1.22. The van der Waals surface area contributed by atoms with E-state index in [9.17, 15) is 14.3 Å². The van der Waals surface area contributed by atoms with Crippen molar-refractivity contribution in [2.75, 3.05) is 13.2 Å². The van der Waals surface area contributed by atoms with Crippen molar-refractivity contribution in [3.8, 4) is 0 Å². The van der Waals surface area contributed by atoms with Crippen LogP contribution in [-0.4, -0.2) is 51.5 Å². The molecular formula is C9H20NO7P. The standard InChI is InChI=1S/C9H20NO7P/c1-6(2)3-8(9(13)14)10-18(15,16)17-5-7(12)4-11/h6-8,11-12H,3-5H2,1-2H3,(H,13,14)(H2,10,15,16)/t7-,8-/m0/s1. The van der Waals surface area contributed by atoms with Crippen LogP contribution in [0.1, 0.15) is 20.3 Å². The van der Waals surface area contributed by atoms with Gasteiger partial charge in [-0.3, -0.25) is 9.32 Å². The zero-order valence-electron chi connectivity index (χ0n) is 10.3. The van der Waals surface area contributed by atoms with Crippen molar-refractivity contribution < 1.29 is 34.1 Å². The van der Waals surface area contributed by atoms with Crippen LogP contribution in [0.4, 0.5) is 0 Å². The highest BCUT2D eigenvalue weighted by Gasteiger charge is 2.29. The average molecular weight is 285 g/mol. The molecule has 0 aliphatic carbocycles. The number of carbonyl (C=O) groups is 1. The van der Waals surface area contributed by atoms with Gasteiger partial charge in [0.25, 0.3) is 0 Å². The molecule has 0 aliphatic heterocycles. The quantitative estimate of drug-likeness (QED) is 0.359. The Labute approximate surface area is 105 Å². The van der Waals surface area contributed by atoms with E-state index < -0.39 is 39.1 Å². The molecule has 0 amide bonds. The second-order valence-electron chi connectivity index (χ2n) is 4.30. The molecule has 0 spiro atoms. The molecule has 0 aromatic heterocycles. The Morgan fingerprint density at radius 1 is 1.44 bits per heavy atom. The highest BCUT2D eigenvalue weighted by molar-refractivity contribution is 7.50. The van der Waals surface area contributed by atoms with E-state index in [0.717, 1.165) is 0 Å². The molecular weight excluding hydrogens is 265 g/mol. The zero-order chi connectivity index (χ0) is 14.3. The van der Waals surface area contributed by atoms with Crippen molar-refractivity contribution in [1.82, 2.24) is 5.09 Å². The van der Waals surface area contributed by atoms with Gasteiger partial charge < -0.3 is 20.2 Å². The molecule has 0 rings (SSSR count).